The average molecular weight is 406 g/mol. The third-order valence-electron chi connectivity index (χ3n) is 6.65. The second-order valence-corrected chi connectivity index (χ2v) is 8.47. The topological polar surface area (TPSA) is 74.5 Å². The number of imidazole rings is 1. The molecule has 2 atom stereocenters. The van der Waals surface area contributed by atoms with Crippen molar-refractivity contribution in [2.45, 2.75) is 30.9 Å². The minimum Gasteiger partial charge on any atom is -0.383 e. The second-order valence-electron chi connectivity index (χ2n) is 8.47. The molecule has 7 heteroatoms. The predicted octanol–water partition coefficient (Wildman–Crippen LogP) is 2.17. The lowest BCUT2D eigenvalue weighted by molar-refractivity contribution is -0.0878. The first-order chi connectivity index (χ1) is 14.6. The molecule has 1 amide bonds. The van der Waals surface area contributed by atoms with E-state index in [1.54, 1.807) is 12.5 Å². The number of hydrogen-bond acceptors (Lipinski definition) is 5. The maximum atomic E-state index is 13.3. The van der Waals surface area contributed by atoms with Crippen LogP contribution in [0.3, 0.4) is 0 Å². The van der Waals surface area contributed by atoms with E-state index in [4.69, 9.17) is 0 Å². The lowest BCUT2D eigenvalue weighted by Gasteiger charge is -2.48. The van der Waals surface area contributed by atoms with E-state index in [1.807, 2.05) is 52.9 Å². The van der Waals surface area contributed by atoms with E-state index in [0.29, 0.717) is 25.1 Å². The van der Waals surface area contributed by atoms with Gasteiger partial charge in [0.25, 0.3) is 5.91 Å². The van der Waals surface area contributed by atoms with Crippen LogP contribution in [0.2, 0.25) is 0 Å². The lowest BCUT2D eigenvalue weighted by Crippen LogP contribution is -2.61. The number of aromatic nitrogens is 3. The summed E-state index contributed by atoms with van der Waals surface area (Å²) in [4.78, 5) is 26.3. The molecule has 4 heterocycles. The number of piperidine rings is 1. The van der Waals surface area contributed by atoms with E-state index < -0.39 is 5.60 Å². The fraction of sp³-hybridized carbons (Fsp3) is 0.435. The maximum Gasteiger partial charge on any atom is 0.255 e. The van der Waals surface area contributed by atoms with Crippen LogP contribution < -0.4 is 0 Å². The molecule has 30 heavy (non-hydrogen) atoms. The van der Waals surface area contributed by atoms with Crippen molar-refractivity contribution in [3.05, 3.63) is 60.0 Å². The van der Waals surface area contributed by atoms with E-state index in [2.05, 4.69) is 14.9 Å². The number of hydrogen-bond donors (Lipinski definition) is 1. The van der Waals surface area contributed by atoms with E-state index in [9.17, 15) is 9.90 Å². The van der Waals surface area contributed by atoms with Crippen molar-refractivity contribution in [3.63, 3.8) is 0 Å². The highest BCUT2D eigenvalue weighted by molar-refractivity contribution is 5.96. The average Bonchev–Trinajstić information content (AvgIpc) is 3.44. The second kappa shape index (κ2) is 7.49. The zero-order chi connectivity index (χ0) is 20.7. The molecule has 1 aromatic carbocycles. The molecule has 2 fully saturated rings. The summed E-state index contributed by atoms with van der Waals surface area (Å²) < 4.78 is 1.84. The minimum absolute atomic E-state index is 0.0469. The van der Waals surface area contributed by atoms with Gasteiger partial charge in [-0.1, -0.05) is 30.3 Å². The van der Waals surface area contributed by atoms with E-state index >= 15 is 0 Å². The Balaban J connectivity index is 1.44. The molecule has 0 unspecified atom stereocenters. The maximum absolute atomic E-state index is 13.3. The Labute approximate surface area is 176 Å². The summed E-state index contributed by atoms with van der Waals surface area (Å²) in [6, 6.07) is 11.6. The van der Waals surface area contributed by atoms with Gasteiger partial charge in [-0.15, -0.1) is 0 Å². The largest absolute Gasteiger partial charge is 0.383 e. The van der Waals surface area contributed by atoms with Crippen LogP contribution in [0.25, 0.3) is 11.2 Å². The van der Waals surface area contributed by atoms with Crippen LogP contribution in [0.1, 0.15) is 35.2 Å². The molecule has 0 bridgehead atoms. The highest BCUT2D eigenvalue weighted by atomic mass is 16.3. The van der Waals surface area contributed by atoms with Crippen LogP contribution >= 0.6 is 0 Å². The molecule has 2 aliphatic heterocycles. The number of pyridine rings is 1. The van der Waals surface area contributed by atoms with Crippen molar-refractivity contribution < 1.29 is 9.90 Å². The number of benzene rings is 1. The lowest BCUT2D eigenvalue weighted by atomic mass is 9.79. The molecular weight excluding hydrogens is 378 g/mol. The number of amides is 1. The first kappa shape index (κ1) is 19.2. The summed E-state index contributed by atoms with van der Waals surface area (Å²) in [5, 5.41) is 11.8. The Bertz CT molecular complexity index is 1060. The summed E-state index contributed by atoms with van der Waals surface area (Å²) >= 11 is 0. The number of aryl methyl sites for hydroxylation is 1. The van der Waals surface area contributed by atoms with Crippen LogP contribution in [0.4, 0.5) is 0 Å². The van der Waals surface area contributed by atoms with Gasteiger partial charge >= 0.3 is 0 Å². The van der Waals surface area contributed by atoms with Crippen molar-refractivity contribution in [2.24, 2.45) is 7.05 Å². The van der Waals surface area contributed by atoms with Crippen molar-refractivity contribution >= 4 is 17.1 Å². The standard InChI is InChI=1S/C23H27N5O2/c1-26-16-25-19-13-17(14-24-21(19)26)22(29)28-12-9-23(30,18-7-3-2-4-8-18)20(15-28)27-10-5-6-11-27/h2-4,7-8,13-14,16,20,30H,5-6,9-12,15H2,1H3/t20-,23+/m1/s1. The normalized spacial score (nSPS) is 25.1. The predicted molar refractivity (Wildman–Crippen MR) is 114 cm³/mol. The highest BCUT2D eigenvalue weighted by Crippen LogP contribution is 2.37. The van der Waals surface area contributed by atoms with Crippen LogP contribution in [0.5, 0.6) is 0 Å². The number of likely N-dealkylation sites (tertiary alicyclic amines) is 2. The molecule has 3 aromatic rings. The zero-order valence-corrected chi connectivity index (χ0v) is 17.2. The minimum atomic E-state index is -0.953. The summed E-state index contributed by atoms with van der Waals surface area (Å²) in [5.41, 5.74) is 2.01. The number of aliphatic hydroxyl groups is 1. The van der Waals surface area contributed by atoms with Crippen LogP contribution in [-0.4, -0.2) is 67.6 Å². The monoisotopic (exact) mass is 405 g/mol. The summed E-state index contributed by atoms with van der Waals surface area (Å²) in [5.74, 6) is -0.0469. The Morgan fingerprint density at radius 1 is 1.13 bits per heavy atom. The SMILES string of the molecule is Cn1cnc2cc(C(=O)N3CC[C@](O)(c4ccccc4)[C@H](N4CCCC4)C3)cnc21. The van der Waals surface area contributed by atoms with Gasteiger partial charge in [0, 0.05) is 26.3 Å². The number of fused-ring (bicyclic) bond motifs is 1. The first-order valence-corrected chi connectivity index (χ1v) is 10.6. The van der Waals surface area contributed by atoms with E-state index in [-0.39, 0.29) is 11.9 Å². The van der Waals surface area contributed by atoms with Gasteiger partial charge in [-0.3, -0.25) is 9.69 Å². The van der Waals surface area contributed by atoms with Gasteiger partial charge in [-0.25, -0.2) is 9.97 Å². The van der Waals surface area contributed by atoms with Crippen LogP contribution in [-0.2, 0) is 12.6 Å². The summed E-state index contributed by atoms with van der Waals surface area (Å²) in [7, 11) is 1.89. The summed E-state index contributed by atoms with van der Waals surface area (Å²) in [6.45, 7) is 2.94. The molecule has 2 aromatic heterocycles. The fourth-order valence-electron chi connectivity index (χ4n) is 4.96. The molecule has 5 rings (SSSR count). The summed E-state index contributed by atoms with van der Waals surface area (Å²) in [6.07, 6.45) is 6.12. The molecular formula is C23H27N5O2. The fourth-order valence-corrected chi connectivity index (χ4v) is 4.96. The molecule has 2 saturated heterocycles. The number of carbonyl (C=O) groups excluding carboxylic acids is 1. The number of nitrogens with zero attached hydrogens (tertiary/aromatic N) is 5. The molecule has 0 spiro atoms. The van der Waals surface area contributed by atoms with Gasteiger partial charge in [0.2, 0.25) is 0 Å². The van der Waals surface area contributed by atoms with Crippen molar-refractivity contribution in [3.8, 4) is 0 Å². The molecule has 0 saturated carbocycles. The van der Waals surface area contributed by atoms with Crippen molar-refractivity contribution in [2.75, 3.05) is 26.2 Å². The molecule has 2 aliphatic rings. The molecule has 0 radical (unpaired) electrons. The third kappa shape index (κ3) is 3.18. The van der Waals surface area contributed by atoms with Crippen molar-refractivity contribution in [1.82, 2.24) is 24.3 Å². The van der Waals surface area contributed by atoms with Gasteiger partial charge in [-0.2, -0.15) is 0 Å². The number of rotatable bonds is 3. The smallest absolute Gasteiger partial charge is 0.255 e. The van der Waals surface area contributed by atoms with Gasteiger partial charge in [0.1, 0.15) is 11.1 Å². The quantitative estimate of drug-likeness (QED) is 0.723. The Morgan fingerprint density at radius 2 is 1.90 bits per heavy atom. The van der Waals surface area contributed by atoms with E-state index in [1.165, 1.54) is 0 Å². The van der Waals surface area contributed by atoms with Gasteiger partial charge in [-0.05, 0) is 44.0 Å². The third-order valence-corrected chi connectivity index (χ3v) is 6.65. The van der Waals surface area contributed by atoms with Crippen LogP contribution in [0.15, 0.2) is 48.9 Å². The highest BCUT2D eigenvalue weighted by Gasteiger charge is 2.47. The molecule has 0 aliphatic carbocycles. The first-order valence-electron chi connectivity index (χ1n) is 10.6. The van der Waals surface area contributed by atoms with Crippen LogP contribution in [0, 0.1) is 0 Å². The van der Waals surface area contributed by atoms with Gasteiger partial charge in [0.15, 0.2) is 5.65 Å². The van der Waals surface area contributed by atoms with Gasteiger partial charge < -0.3 is 14.6 Å². The van der Waals surface area contributed by atoms with Crippen molar-refractivity contribution in [1.29, 1.82) is 0 Å². The zero-order valence-electron chi connectivity index (χ0n) is 17.2. The Hall–Kier alpha value is -2.77. The molecule has 156 valence electrons. The Morgan fingerprint density at radius 3 is 2.67 bits per heavy atom. The van der Waals surface area contributed by atoms with Gasteiger partial charge in [0.05, 0.1) is 17.9 Å². The number of carbonyl (C=O) groups is 1. The van der Waals surface area contributed by atoms with E-state index in [0.717, 1.165) is 42.7 Å². The molecule has 7 nitrogen and oxygen atoms in total. The Kier molecular flexibility index (Phi) is 4.79. The molecule has 1 N–H and O–H groups in total.